The van der Waals surface area contributed by atoms with E-state index in [2.05, 4.69) is 21.1 Å². The van der Waals surface area contributed by atoms with Gasteiger partial charge in [-0.15, -0.1) is 0 Å². The van der Waals surface area contributed by atoms with Crippen LogP contribution in [0.4, 0.5) is 0 Å². The van der Waals surface area contributed by atoms with Crippen molar-refractivity contribution < 1.29 is 5.21 Å². The fraction of sp³-hybridized carbons (Fsp3) is 0.300. The number of oxime groups is 1. The minimum Gasteiger partial charge on any atom is -0.409 e. The number of halogens is 1. The molecule has 0 atom stereocenters. The highest BCUT2D eigenvalue weighted by atomic mass is 79.9. The number of hydrogen-bond acceptors (Lipinski definition) is 3. The third-order valence-corrected chi connectivity index (χ3v) is 2.45. The van der Waals surface area contributed by atoms with E-state index in [1.165, 1.54) is 5.56 Å². The minimum atomic E-state index is 0.217. The zero-order valence-electron chi connectivity index (χ0n) is 8.52. The lowest BCUT2D eigenvalue weighted by Crippen LogP contribution is -2.30. The second-order valence-corrected chi connectivity index (χ2v) is 4.31. The van der Waals surface area contributed by atoms with E-state index >= 15 is 0 Å². The van der Waals surface area contributed by atoms with E-state index in [0.717, 1.165) is 11.0 Å². The largest absolute Gasteiger partial charge is 0.409 e. The number of nitrogens with zero attached hydrogens (tertiary/aromatic N) is 2. The average molecular weight is 272 g/mol. The van der Waals surface area contributed by atoms with Crippen molar-refractivity contribution in [2.24, 2.45) is 10.9 Å². The zero-order valence-corrected chi connectivity index (χ0v) is 10.1. The molecular weight excluding hydrogens is 258 g/mol. The van der Waals surface area contributed by atoms with Gasteiger partial charge in [0.05, 0.1) is 6.54 Å². The van der Waals surface area contributed by atoms with E-state index in [0.29, 0.717) is 6.54 Å². The Morgan fingerprint density at radius 1 is 1.47 bits per heavy atom. The lowest BCUT2D eigenvalue weighted by molar-refractivity contribution is 0.308. The number of rotatable bonds is 4. The number of amidine groups is 1. The van der Waals surface area contributed by atoms with Gasteiger partial charge in [0.2, 0.25) is 0 Å². The third-order valence-electron chi connectivity index (χ3n) is 1.93. The van der Waals surface area contributed by atoms with Gasteiger partial charge in [-0.3, -0.25) is 4.90 Å². The van der Waals surface area contributed by atoms with Gasteiger partial charge in [-0.2, -0.15) is 0 Å². The summed E-state index contributed by atoms with van der Waals surface area (Å²) in [6.07, 6.45) is 0. The van der Waals surface area contributed by atoms with Crippen LogP contribution in [0.15, 0.2) is 33.9 Å². The van der Waals surface area contributed by atoms with Gasteiger partial charge in [0.15, 0.2) is 5.84 Å². The summed E-state index contributed by atoms with van der Waals surface area (Å²) in [6.45, 7) is 1.22. The van der Waals surface area contributed by atoms with Gasteiger partial charge >= 0.3 is 0 Å². The summed E-state index contributed by atoms with van der Waals surface area (Å²) in [7, 11) is 1.92. The predicted octanol–water partition coefficient (Wildman–Crippen LogP) is 1.63. The molecule has 0 radical (unpaired) electrons. The van der Waals surface area contributed by atoms with Crippen molar-refractivity contribution >= 4 is 21.8 Å². The predicted molar refractivity (Wildman–Crippen MR) is 63.9 cm³/mol. The molecule has 0 saturated heterocycles. The molecule has 0 spiro atoms. The molecule has 1 rings (SSSR count). The maximum atomic E-state index is 8.42. The fourth-order valence-electron chi connectivity index (χ4n) is 1.27. The molecule has 0 amide bonds. The van der Waals surface area contributed by atoms with Crippen LogP contribution < -0.4 is 5.73 Å². The van der Waals surface area contributed by atoms with E-state index in [4.69, 9.17) is 10.9 Å². The van der Waals surface area contributed by atoms with Crippen molar-refractivity contribution in [1.29, 1.82) is 0 Å². The van der Waals surface area contributed by atoms with E-state index in [1.54, 1.807) is 0 Å². The van der Waals surface area contributed by atoms with E-state index in [9.17, 15) is 0 Å². The maximum absolute atomic E-state index is 8.42. The van der Waals surface area contributed by atoms with Gasteiger partial charge in [-0.25, -0.2) is 0 Å². The molecule has 1 aromatic rings. The Bertz CT molecular complexity index is 337. The van der Waals surface area contributed by atoms with Gasteiger partial charge in [0.25, 0.3) is 0 Å². The average Bonchev–Trinajstić information content (AvgIpc) is 2.21. The molecule has 0 fully saturated rings. The first-order chi connectivity index (χ1) is 7.11. The molecule has 0 bridgehead atoms. The molecule has 3 N–H and O–H groups in total. The molecule has 1 aromatic carbocycles. The van der Waals surface area contributed by atoms with Crippen LogP contribution in [0.2, 0.25) is 0 Å². The summed E-state index contributed by atoms with van der Waals surface area (Å²) in [4.78, 5) is 1.97. The molecule has 0 aliphatic rings. The highest BCUT2D eigenvalue weighted by Crippen LogP contribution is 2.11. The Morgan fingerprint density at radius 3 is 2.60 bits per heavy atom. The van der Waals surface area contributed by atoms with Crippen molar-refractivity contribution in [1.82, 2.24) is 4.90 Å². The van der Waals surface area contributed by atoms with Crippen LogP contribution >= 0.6 is 15.9 Å². The van der Waals surface area contributed by atoms with Crippen molar-refractivity contribution in [2.45, 2.75) is 6.54 Å². The highest BCUT2D eigenvalue weighted by Gasteiger charge is 2.02. The van der Waals surface area contributed by atoms with Gasteiger partial charge in [0.1, 0.15) is 0 Å². The molecule has 5 heteroatoms. The van der Waals surface area contributed by atoms with Crippen molar-refractivity contribution in [3.63, 3.8) is 0 Å². The lowest BCUT2D eigenvalue weighted by Gasteiger charge is -2.15. The smallest absolute Gasteiger partial charge is 0.153 e. The molecular formula is C10H14BrN3O. The van der Waals surface area contributed by atoms with Crippen LogP contribution in [0, 0.1) is 0 Å². The summed E-state index contributed by atoms with van der Waals surface area (Å²) in [6, 6.07) is 8.05. The van der Waals surface area contributed by atoms with Gasteiger partial charge in [0, 0.05) is 11.0 Å². The zero-order chi connectivity index (χ0) is 11.3. The summed E-state index contributed by atoms with van der Waals surface area (Å²) >= 11 is 3.38. The topological polar surface area (TPSA) is 61.8 Å². The normalized spacial score (nSPS) is 12.1. The van der Waals surface area contributed by atoms with Crippen molar-refractivity contribution in [3.8, 4) is 0 Å². The number of likely N-dealkylation sites (N-methyl/N-ethyl adjacent to an activating group) is 1. The van der Waals surface area contributed by atoms with Gasteiger partial charge < -0.3 is 10.9 Å². The molecule has 0 heterocycles. The van der Waals surface area contributed by atoms with Crippen molar-refractivity contribution in [3.05, 3.63) is 34.3 Å². The van der Waals surface area contributed by atoms with Crippen LogP contribution in [-0.2, 0) is 6.54 Å². The van der Waals surface area contributed by atoms with Crippen LogP contribution in [0.5, 0.6) is 0 Å². The number of nitrogens with two attached hydrogens (primary N) is 1. The number of hydrogen-bond donors (Lipinski definition) is 2. The summed E-state index contributed by atoms with van der Waals surface area (Å²) in [5.41, 5.74) is 6.59. The molecule has 0 unspecified atom stereocenters. The van der Waals surface area contributed by atoms with Crippen LogP contribution in [0.3, 0.4) is 0 Å². The van der Waals surface area contributed by atoms with E-state index in [-0.39, 0.29) is 5.84 Å². The Balaban J connectivity index is 2.51. The fourth-order valence-corrected chi connectivity index (χ4v) is 1.53. The lowest BCUT2D eigenvalue weighted by atomic mass is 10.2. The van der Waals surface area contributed by atoms with Gasteiger partial charge in [-0.05, 0) is 24.7 Å². The van der Waals surface area contributed by atoms with E-state index < -0.39 is 0 Å². The van der Waals surface area contributed by atoms with Gasteiger partial charge in [-0.1, -0.05) is 33.2 Å². The van der Waals surface area contributed by atoms with Crippen molar-refractivity contribution in [2.75, 3.05) is 13.6 Å². The molecule has 0 saturated carbocycles. The monoisotopic (exact) mass is 271 g/mol. The Kier molecular flexibility index (Phi) is 4.58. The second kappa shape index (κ2) is 5.72. The Morgan fingerprint density at radius 2 is 2.07 bits per heavy atom. The van der Waals surface area contributed by atoms with E-state index in [1.807, 2.05) is 36.2 Å². The Hall–Kier alpha value is -1.07. The molecule has 0 aromatic heterocycles. The molecule has 82 valence electrons. The van der Waals surface area contributed by atoms with Crippen LogP contribution in [-0.4, -0.2) is 29.5 Å². The van der Waals surface area contributed by atoms with Crippen LogP contribution in [0.25, 0.3) is 0 Å². The molecule has 4 nitrogen and oxygen atoms in total. The number of benzene rings is 1. The second-order valence-electron chi connectivity index (χ2n) is 3.39. The molecule has 0 aliphatic carbocycles. The third kappa shape index (κ3) is 4.31. The standard InChI is InChI=1S/C10H14BrN3O/c1-14(7-10(12)13-15)6-8-2-4-9(11)5-3-8/h2-5,15H,6-7H2,1H3,(H2,12,13). The molecule has 15 heavy (non-hydrogen) atoms. The first-order valence-electron chi connectivity index (χ1n) is 4.51. The first kappa shape index (κ1) is 12.0. The quantitative estimate of drug-likeness (QED) is 0.379. The highest BCUT2D eigenvalue weighted by molar-refractivity contribution is 9.10. The van der Waals surface area contributed by atoms with Crippen LogP contribution in [0.1, 0.15) is 5.56 Å². The Labute approximate surface area is 97.5 Å². The first-order valence-corrected chi connectivity index (χ1v) is 5.30. The summed E-state index contributed by atoms with van der Waals surface area (Å²) in [5, 5.41) is 11.3. The summed E-state index contributed by atoms with van der Waals surface area (Å²) in [5.74, 6) is 0.217. The summed E-state index contributed by atoms with van der Waals surface area (Å²) < 4.78 is 1.06. The SMILES string of the molecule is CN(CC(N)=NO)Cc1ccc(Br)cc1. The molecule has 0 aliphatic heterocycles. The maximum Gasteiger partial charge on any atom is 0.153 e. The minimum absolute atomic E-state index is 0.217.